The summed E-state index contributed by atoms with van der Waals surface area (Å²) in [5.41, 5.74) is 2.34. The first-order valence-electron chi connectivity index (χ1n) is 7.97. The van der Waals surface area contributed by atoms with Gasteiger partial charge in [-0.3, -0.25) is 9.36 Å². The molecule has 3 aromatic rings. The molecule has 7 nitrogen and oxygen atoms in total. The van der Waals surface area contributed by atoms with Gasteiger partial charge in [0.05, 0.1) is 23.8 Å². The van der Waals surface area contributed by atoms with Crippen molar-refractivity contribution in [3.63, 3.8) is 0 Å². The summed E-state index contributed by atoms with van der Waals surface area (Å²) >= 11 is 0. The molecule has 0 aliphatic heterocycles. The highest BCUT2D eigenvalue weighted by atomic mass is 19.1. The molecule has 1 aromatic carbocycles. The van der Waals surface area contributed by atoms with Gasteiger partial charge in [-0.15, -0.1) is 0 Å². The van der Waals surface area contributed by atoms with Gasteiger partial charge in [0.25, 0.3) is 5.91 Å². The maximum Gasteiger partial charge on any atom is 0.262 e. The lowest BCUT2D eigenvalue weighted by molar-refractivity contribution is -0.118. The Hall–Kier alpha value is -3.29. The van der Waals surface area contributed by atoms with Gasteiger partial charge < -0.3 is 10.1 Å². The van der Waals surface area contributed by atoms with Crippen LogP contribution in [0, 0.1) is 26.6 Å². The molecule has 0 aliphatic rings. The Bertz CT molecular complexity index is 920. The SMILES string of the molecule is Cc1nc(C)n(-c2ncc(NC(=O)COc3ccc(F)cc3)cn2)c1C. The normalized spacial score (nSPS) is 10.6. The maximum atomic E-state index is 12.8. The number of amides is 1. The highest BCUT2D eigenvalue weighted by Crippen LogP contribution is 2.15. The van der Waals surface area contributed by atoms with Gasteiger partial charge in [-0.05, 0) is 45.0 Å². The van der Waals surface area contributed by atoms with E-state index in [0.29, 0.717) is 17.4 Å². The van der Waals surface area contributed by atoms with Crippen LogP contribution in [0.2, 0.25) is 0 Å². The molecule has 0 saturated carbocycles. The average Bonchev–Trinajstić information content (AvgIpc) is 2.87. The van der Waals surface area contributed by atoms with Crippen molar-refractivity contribution in [1.29, 1.82) is 0 Å². The second-order valence-electron chi connectivity index (χ2n) is 5.73. The molecule has 0 unspecified atom stereocenters. The Morgan fingerprint density at radius 3 is 2.38 bits per heavy atom. The molecule has 1 N–H and O–H groups in total. The minimum absolute atomic E-state index is 0.202. The minimum Gasteiger partial charge on any atom is -0.484 e. The number of anilines is 1. The summed E-state index contributed by atoms with van der Waals surface area (Å²) in [4.78, 5) is 24.9. The molecule has 0 aliphatic carbocycles. The molecule has 0 radical (unpaired) electrons. The van der Waals surface area contributed by atoms with Gasteiger partial charge in [-0.25, -0.2) is 19.3 Å². The van der Waals surface area contributed by atoms with Crippen molar-refractivity contribution in [3.05, 3.63) is 59.7 Å². The Balaban J connectivity index is 1.62. The lowest BCUT2D eigenvalue weighted by Gasteiger charge is -2.09. The molecule has 0 saturated heterocycles. The van der Waals surface area contributed by atoms with Gasteiger partial charge in [0.15, 0.2) is 6.61 Å². The van der Waals surface area contributed by atoms with E-state index < -0.39 is 0 Å². The number of carbonyl (C=O) groups is 1. The van der Waals surface area contributed by atoms with Gasteiger partial charge >= 0.3 is 0 Å². The molecule has 8 heteroatoms. The Morgan fingerprint density at radius 1 is 1.15 bits per heavy atom. The number of nitrogens with one attached hydrogen (secondary N) is 1. The third kappa shape index (κ3) is 3.85. The van der Waals surface area contributed by atoms with E-state index in [4.69, 9.17) is 4.74 Å². The summed E-state index contributed by atoms with van der Waals surface area (Å²) in [6.07, 6.45) is 3.04. The number of ether oxygens (including phenoxy) is 1. The summed E-state index contributed by atoms with van der Waals surface area (Å²) in [6.45, 7) is 5.55. The molecule has 134 valence electrons. The second-order valence-corrected chi connectivity index (χ2v) is 5.73. The lowest BCUT2D eigenvalue weighted by atomic mass is 10.3. The van der Waals surface area contributed by atoms with Crippen LogP contribution in [0.1, 0.15) is 17.2 Å². The third-order valence-corrected chi connectivity index (χ3v) is 3.82. The highest BCUT2D eigenvalue weighted by Gasteiger charge is 2.12. The van der Waals surface area contributed by atoms with E-state index in [1.807, 2.05) is 25.3 Å². The van der Waals surface area contributed by atoms with E-state index in [1.165, 1.54) is 36.7 Å². The molecule has 3 rings (SSSR count). The first-order chi connectivity index (χ1) is 12.4. The van der Waals surface area contributed by atoms with Crippen LogP contribution in [0.3, 0.4) is 0 Å². The van der Waals surface area contributed by atoms with E-state index >= 15 is 0 Å². The third-order valence-electron chi connectivity index (χ3n) is 3.82. The standard InChI is InChI=1S/C18H18FN5O2/c1-11-12(2)24(13(3)22-11)18-20-8-15(9-21-18)23-17(25)10-26-16-6-4-14(19)5-7-16/h4-9H,10H2,1-3H3,(H,23,25). The van der Waals surface area contributed by atoms with Crippen LogP contribution in [-0.4, -0.2) is 32.0 Å². The monoisotopic (exact) mass is 355 g/mol. The van der Waals surface area contributed by atoms with Crippen molar-refractivity contribution in [3.8, 4) is 11.7 Å². The van der Waals surface area contributed by atoms with Crippen LogP contribution in [-0.2, 0) is 4.79 Å². The number of imidazole rings is 1. The van der Waals surface area contributed by atoms with Gasteiger partial charge in [-0.1, -0.05) is 0 Å². The van der Waals surface area contributed by atoms with Crippen LogP contribution in [0.15, 0.2) is 36.7 Å². The van der Waals surface area contributed by atoms with Crippen LogP contribution in [0.25, 0.3) is 5.95 Å². The van der Waals surface area contributed by atoms with E-state index in [-0.39, 0.29) is 18.3 Å². The van der Waals surface area contributed by atoms with Gasteiger partial charge in [0, 0.05) is 5.69 Å². The largest absolute Gasteiger partial charge is 0.484 e. The van der Waals surface area contributed by atoms with Crippen molar-refractivity contribution >= 4 is 11.6 Å². The highest BCUT2D eigenvalue weighted by molar-refractivity contribution is 5.91. The first kappa shape index (κ1) is 17.5. The second kappa shape index (κ2) is 7.30. The number of aryl methyl sites for hydroxylation is 2. The van der Waals surface area contributed by atoms with Crippen molar-refractivity contribution in [1.82, 2.24) is 19.5 Å². The summed E-state index contributed by atoms with van der Waals surface area (Å²) in [5, 5.41) is 2.65. The fourth-order valence-electron chi connectivity index (χ4n) is 2.45. The predicted molar refractivity (Wildman–Crippen MR) is 93.9 cm³/mol. The minimum atomic E-state index is -0.364. The first-order valence-corrected chi connectivity index (χ1v) is 7.97. The van der Waals surface area contributed by atoms with E-state index in [9.17, 15) is 9.18 Å². The number of carbonyl (C=O) groups excluding carboxylic acids is 1. The van der Waals surface area contributed by atoms with Crippen molar-refractivity contribution in [2.45, 2.75) is 20.8 Å². The molecule has 0 bridgehead atoms. The Morgan fingerprint density at radius 2 is 1.81 bits per heavy atom. The summed E-state index contributed by atoms with van der Waals surface area (Å²) in [6, 6.07) is 5.44. The molecule has 26 heavy (non-hydrogen) atoms. The van der Waals surface area contributed by atoms with Crippen LogP contribution in [0.5, 0.6) is 5.75 Å². The Kier molecular flexibility index (Phi) is 4.92. The number of hydrogen-bond acceptors (Lipinski definition) is 5. The predicted octanol–water partition coefficient (Wildman–Crippen LogP) is 2.74. The number of benzene rings is 1. The van der Waals surface area contributed by atoms with Gasteiger partial charge in [0.1, 0.15) is 17.4 Å². The molecule has 0 fully saturated rings. The zero-order valence-corrected chi connectivity index (χ0v) is 14.7. The number of nitrogens with zero attached hydrogens (tertiary/aromatic N) is 4. The summed E-state index contributed by atoms with van der Waals surface area (Å²) < 4.78 is 20.0. The molecular formula is C18H18FN5O2. The summed E-state index contributed by atoms with van der Waals surface area (Å²) in [5.74, 6) is 0.967. The Labute approximate surface area is 149 Å². The molecule has 0 spiro atoms. The zero-order chi connectivity index (χ0) is 18.7. The van der Waals surface area contributed by atoms with Crippen LogP contribution >= 0.6 is 0 Å². The quantitative estimate of drug-likeness (QED) is 0.761. The van der Waals surface area contributed by atoms with E-state index in [0.717, 1.165) is 17.2 Å². The van der Waals surface area contributed by atoms with E-state index in [2.05, 4.69) is 20.3 Å². The molecular weight excluding hydrogens is 337 g/mol. The number of rotatable bonds is 5. The van der Waals surface area contributed by atoms with Crippen molar-refractivity contribution in [2.75, 3.05) is 11.9 Å². The smallest absolute Gasteiger partial charge is 0.262 e. The topological polar surface area (TPSA) is 81.9 Å². The van der Waals surface area contributed by atoms with Gasteiger partial charge in [-0.2, -0.15) is 0 Å². The molecule has 0 atom stereocenters. The van der Waals surface area contributed by atoms with E-state index in [1.54, 1.807) is 0 Å². The van der Waals surface area contributed by atoms with Crippen LogP contribution < -0.4 is 10.1 Å². The molecule has 2 heterocycles. The number of halogens is 1. The van der Waals surface area contributed by atoms with Crippen molar-refractivity contribution < 1.29 is 13.9 Å². The maximum absolute atomic E-state index is 12.8. The van der Waals surface area contributed by atoms with Crippen molar-refractivity contribution in [2.24, 2.45) is 0 Å². The number of aromatic nitrogens is 4. The van der Waals surface area contributed by atoms with Gasteiger partial charge in [0.2, 0.25) is 5.95 Å². The lowest BCUT2D eigenvalue weighted by Crippen LogP contribution is -2.20. The summed E-state index contributed by atoms with van der Waals surface area (Å²) in [7, 11) is 0. The zero-order valence-electron chi connectivity index (χ0n) is 14.7. The molecule has 2 aromatic heterocycles. The average molecular weight is 355 g/mol. The van der Waals surface area contributed by atoms with Crippen LogP contribution in [0.4, 0.5) is 10.1 Å². The fraction of sp³-hybridized carbons (Fsp3) is 0.222. The fourth-order valence-corrected chi connectivity index (χ4v) is 2.45. The molecule has 1 amide bonds. The number of hydrogen-bond donors (Lipinski definition) is 1.